The molecule has 1 fully saturated rings. The van der Waals surface area contributed by atoms with Crippen LogP contribution >= 0.6 is 0 Å². The summed E-state index contributed by atoms with van der Waals surface area (Å²) in [5, 5.41) is 0. The standard InChI is InChI=1S/C16H26F6/c1-12(2,15(17,18)19)10-14(8-6-5-7-9-14)11-13(3,4)16(20,21)22/h5-11H2,1-4H3. The smallest absolute Gasteiger partial charge is 0.171 e. The highest BCUT2D eigenvalue weighted by Gasteiger charge is 2.56. The summed E-state index contributed by atoms with van der Waals surface area (Å²) in [6.45, 7) is 4.40. The van der Waals surface area contributed by atoms with Gasteiger partial charge in [0.2, 0.25) is 0 Å². The molecule has 22 heavy (non-hydrogen) atoms. The Morgan fingerprint density at radius 2 is 0.955 bits per heavy atom. The molecule has 132 valence electrons. The van der Waals surface area contributed by atoms with E-state index in [1.54, 1.807) is 0 Å². The third-order valence-electron chi connectivity index (χ3n) is 5.08. The van der Waals surface area contributed by atoms with Crippen LogP contribution in [0, 0.1) is 16.2 Å². The molecule has 0 radical (unpaired) electrons. The van der Waals surface area contributed by atoms with E-state index in [-0.39, 0.29) is 12.8 Å². The van der Waals surface area contributed by atoms with Gasteiger partial charge in [-0.1, -0.05) is 47.0 Å². The van der Waals surface area contributed by atoms with Crippen LogP contribution in [-0.4, -0.2) is 12.4 Å². The maximum Gasteiger partial charge on any atom is 0.393 e. The van der Waals surface area contributed by atoms with Gasteiger partial charge in [-0.25, -0.2) is 0 Å². The lowest BCUT2D eigenvalue weighted by Gasteiger charge is -2.47. The fourth-order valence-electron chi connectivity index (χ4n) is 3.79. The SMILES string of the molecule is CC(C)(CC1(CC(C)(C)C(F)(F)F)CCCCC1)C(F)(F)F. The van der Waals surface area contributed by atoms with Crippen molar-refractivity contribution in [3.05, 3.63) is 0 Å². The first-order valence-electron chi connectivity index (χ1n) is 7.76. The molecule has 0 aromatic rings. The zero-order valence-corrected chi connectivity index (χ0v) is 13.7. The second kappa shape index (κ2) is 5.90. The zero-order valence-electron chi connectivity index (χ0n) is 13.7. The van der Waals surface area contributed by atoms with Crippen molar-refractivity contribution < 1.29 is 26.3 Å². The first-order valence-corrected chi connectivity index (χ1v) is 7.76. The van der Waals surface area contributed by atoms with Gasteiger partial charge in [0.05, 0.1) is 10.8 Å². The van der Waals surface area contributed by atoms with Gasteiger partial charge in [0.1, 0.15) is 0 Å². The second-order valence-electron chi connectivity index (χ2n) is 8.18. The van der Waals surface area contributed by atoms with Crippen LogP contribution in [0.1, 0.15) is 72.6 Å². The van der Waals surface area contributed by atoms with E-state index in [0.29, 0.717) is 25.7 Å². The van der Waals surface area contributed by atoms with Crippen molar-refractivity contribution in [1.29, 1.82) is 0 Å². The molecule has 0 N–H and O–H groups in total. The van der Waals surface area contributed by atoms with Crippen LogP contribution in [0.3, 0.4) is 0 Å². The second-order valence-corrected chi connectivity index (χ2v) is 8.18. The van der Waals surface area contributed by atoms with Crippen LogP contribution < -0.4 is 0 Å². The van der Waals surface area contributed by atoms with Crippen molar-refractivity contribution >= 4 is 0 Å². The van der Waals surface area contributed by atoms with E-state index >= 15 is 0 Å². The summed E-state index contributed by atoms with van der Waals surface area (Å²) in [4.78, 5) is 0. The highest BCUT2D eigenvalue weighted by Crippen LogP contribution is 2.57. The van der Waals surface area contributed by atoms with Crippen LogP contribution in [-0.2, 0) is 0 Å². The van der Waals surface area contributed by atoms with E-state index in [2.05, 4.69) is 0 Å². The van der Waals surface area contributed by atoms with Gasteiger partial charge < -0.3 is 0 Å². The summed E-state index contributed by atoms with van der Waals surface area (Å²) in [5.41, 5.74) is -4.81. The molecule has 0 spiro atoms. The summed E-state index contributed by atoms with van der Waals surface area (Å²) in [7, 11) is 0. The minimum absolute atomic E-state index is 0.233. The average Bonchev–Trinajstić information content (AvgIpc) is 2.24. The summed E-state index contributed by atoms with van der Waals surface area (Å²) < 4.78 is 79.2. The Morgan fingerprint density at radius 1 is 0.636 bits per heavy atom. The Morgan fingerprint density at radius 3 is 1.23 bits per heavy atom. The molecule has 0 nitrogen and oxygen atoms in total. The Hall–Kier alpha value is -0.420. The lowest BCUT2D eigenvalue weighted by atomic mass is 9.59. The highest BCUT2D eigenvalue weighted by molar-refractivity contribution is 4.95. The van der Waals surface area contributed by atoms with Gasteiger partial charge in [0, 0.05) is 0 Å². The predicted molar refractivity (Wildman–Crippen MR) is 74.4 cm³/mol. The number of halogens is 6. The molecule has 0 atom stereocenters. The minimum atomic E-state index is -4.40. The molecular weight excluding hydrogens is 306 g/mol. The summed E-state index contributed by atoms with van der Waals surface area (Å²) >= 11 is 0. The molecule has 0 saturated heterocycles. The summed E-state index contributed by atoms with van der Waals surface area (Å²) in [6.07, 6.45) is -6.06. The van der Waals surface area contributed by atoms with Gasteiger partial charge >= 0.3 is 12.4 Å². The lowest BCUT2D eigenvalue weighted by Crippen LogP contribution is -2.44. The van der Waals surface area contributed by atoms with Gasteiger partial charge in [0.25, 0.3) is 0 Å². The Labute approximate surface area is 128 Å². The zero-order chi connectivity index (χ0) is 17.4. The maximum absolute atomic E-state index is 13.2. The molecule has 0 unspecified atom stereocenters. The molecule has 0 amide bonds. The highest BCUT2D eigenvalue weighted by atomic mass is 19.4. The van der Waals surface area contributed by atoms with Gasteiger partial charge in [-0.15, -0.1) is 0 Å². The first kappa shape index (κ1) is 19.6. The van der Waals surface area contributed by atoms with Gasteiger partial charge in [-0.2, -0.15) is 26.3 Å². The molecular formula is C16H26F6. The number of rotatable bonds is 4. The van der Waals surface area contributed by atoms with Gasteiger partial charge in [0.15, 0.2) is 0 Å². The topological polar surface area (TPSA) is 0 Å². The van der Waals surface area contributed by atoms with E-state index in [0.717, 1.165) is 34.1 Å². The fraction of sp³-hybridized carbons (Fsp3) is 1.00. The predicted octanol–water partition coefficient (Wildman–Crippen LogP) is 6.89. The molecule has 0 aromatic heterocycles. The summed E-state index contributed by atoms with van der Waals surface area (Å²) in [5.74, 6) is 0. The molecule has 1 rings (SSSR count). The fourth-order valence-corrected chi connectivity index (χ4v) is 3.79. The van der Waals surface area contributed by atoms with E-state index < -0.39 is 28.6 Å². The van der Waals surface area contributed by atoms with Crippen molar-refractivity contribution in [2.45, 2.75) is 85.0 Å². The van der Waals surface area contributed by atoms with Gasteiger partial charge in [-0.05, 0) is 31.1 Å². The first-order chi connectivity index (χ1) is 9.62. The average molecular weight is 332 g/mol. The maximum atomic E-state index is 13.2. The normalized spacial score (nSPS) is 21.0. The van der Waals surface area contributed by atoms with Crippen LogP contribution in [0.2, 0.25) is 0 Å². The van der Waals surface area contributed by atoms with Crippen molar-refractivity contribution in [3.63, 3.8) is 0 Å². The molecule has 0 aromatic carbocycles. The largest absolute Gasteiger partial charge is 0.393 e. The van der Waals surface area contributed by atoms with E-state index in [1.165, 1.54) is 0 Å². The Bertz CT molecular complexity index is 339. The van der Waals surface area contributed by atoms with Crippen molar-refractivity contribution in [2.75, 3.05) is 0 Å². The third kappa shape index (κ3) is 4.31. The van der Waals surface area contributed by atoms with Crippen molar-refractivity contribution in [3.8, 4) is 0 Å². The third-order valence-corrected chi connectivity index (χ3v) is 5.08. The molecule has 0 bridgehead atoms. The minimum Gasteiger partial charge on any atom is -0.171 e. The van der Waals surface area contributed by atoms with Crippen molar-refractivity contribution in [2.24, 2.45) is 16.2 Å². The van der Waals surface area contributed by atoms with Crippen molar-refractivity contribution in [1.82, 2.24) is 0 Å². The molecule has 6 heteroatoms. The molecule has 1 aliphatic carbocycles. The molecule has 0 aliphatic heterocycles. The Kier molecular flexibility index (Phi) is 5.26. The molecule has 1 saturated carbocycles. The van der Waals surface area contributed by atoms with Crippen LogP contribution in [0.15, 0.2) is 0 Å². The number of alkyl halides is 6. The van der Waals surface area contributed by atoms with Crippen LogP contribution in [0.4, 0.5) is 26.3 Å². The molecule has 0 heterocycles. The van der Waals surface area contributed by atoms with Crippen LogP contribution in [0.25, 0.3) is 0 Å². The van der Waals surface area contributed by atoms with Crippen LogP contribution in [0.5, 0.6) is 0 Å². The van der Waals surface area contributed by atoms with E-state index in [9.17, 15) is 26.3 Å². The monoisotopic (exact) mass is 332 g/mol. The number of hydrogen-bond donors (Lipinski definition) is 0. The Balaban J connectivity index is 3.07. The van der Waals surface area contributed by atoms with E-state index in [1.807, 2.05) is 0 Å². The lowest BCUT2D eigenvalue weighted by molar-refractivity contribution is -0.240. The van der Waals surface area contributed by atoms with Gasteiger partial charge in [-0.3, -0.25) is 0 Å². The molecule has 1 aliphatic rings. The quantitative estimate of drug-likeness (QED) is 0.491. The van der Waals surface area contributed by atoms with E-state index in [4.69, 9.17) is 0 Å². The number of hydrogen-bond acceptors (Lipinski definition) is 0. The summed E-state index contributed by atoms with van der Waals surface area (Å²) in [6, 6.07) is 0.